The Morgan fingerprint density at radius 2 is 1.94 bits per heavy atom. The van der Waals surface area contributed by atoms with Gasteiger partial charge in [-0.1, -0.05) is 6.07 Å². The van der Waals surface area contributed by atoms with E-state index in [4.69, 9.17) is 29.8 Å². The molecule has 17 heavy (non-hydrogen) atoms. The molecule has 0 saturated heterocycles. The number of primary amides is 1. The molecule has 0 bridgehead atoms. The lowest BCUT2D eigenvalue weighted by Gasteiger charge is -2.17. The molecule has 0 saturated carbocycles. The minimum absolute atomic E-state index is 0.472. The van der Waals surface area contributed by atoms with E-state index in [1.54, 1.807) is 24.4 Å². The zero-order valence-electron chi connectivity index (χ0n) is 8.33. The highest BCUT2D eigenvalue weighted by atomic mass is 35.7. The fourth-order valence-corrected chi connectivity index (χ4v) is 0.801. The molecular weight excluding hydrogens is 256 g/mol. The van der Waals surface area contributed by atoms with Crippen molar-refractivity contribution in [1.29, 1.82) is 5.41 Å². The number of halogens is 1. The minimum atomic E-state index is -4.94. The fourth-order valence-electron chi connectivity index (χ4n) is 0.801. The van der Waals surface area contributed by atoms with Gasteiger partial charge in [0.05, 0.1) is 6.20 Å². The van der Waals surface area contributed by atoms with Gasteiger partial charge in [-0.15, -0.1) is 10.2 Å². The first kappa shape index (κ1) is 15.2. The van der Waals surface area contributed by atoms with Crippen LogP contribution in [0.3, 0.4) is 0 Å². The summed E-state index contributed by atoms with van der Waals surface area (Å²) in [5.74, 6) is 0.472. The maximum Gasteiger partial charge on any atom is 0.374 e. The van der Waals surface area contributed by atoms with Gasteiger partial charge >= 0.3 is 6.03 Å². The van der Waals surface area contributed by atoms with Crippen molar-refractivity contribution in [2.24, 2.45) is 5.73 Å². The summed E-state index contributed by atoms with van der Waals surface area (Å²) in [5, 5.41) is 9.35. The summed E-state index contributed by atoms with van der Waals surface area (Å²) in [6, 6.07) is 4.50. The highest BCUT2D eigenvalue weighted by Crippen LogP contribution is 1.95. The maximum absolute atomic E-state index is 10.5. The molecule has 0 aromatic carbocycles. The number of hydrogen-bond acceptors (Lipinski definition) is 6. The number of rotatable bonds is 2. The van der Waals surface area contributed by atoms with Crippen molar-refractivity contribution in [2.75, 3.05) is 5.32 Å². The van der Waals surface area contributed by atoms with Crippen LogP contribution in [0, 0.1) is 15.7 Å². The Bertz CT molecular complexity index is 388. The van der Waals surface area contributed by atoms with E-state index in [1.807, 2.05) is 0 Å². The standard InChI is InChI=1S/C7H8N4O.ClHO4/c8-5-11-4-2-1-3-6(11)10-7(9)12;2-1(3,4)5/h1-5,8H,(H2,9,12);(H,2,3,4,5). The lowest BCUT2D eigenvalue weighted by Crippen LogP contribution is -2.68. The third-order valence-corrected chi connectivity index (χ3v) is 1.28. The second-order valence-electron chi connectivity index (χ2n) is 2.49. The zero-order chi connectivity index (χ0) is 13.5. The van der Waals surface area contributed by atoms with Gasteiger partial charge < -0.3 is 5.73 Å². The van der Waals surface area contributed by atoms with Crippen molar-refractivity contribution < 1.29 is 38.2 Å². The van der Waals surface area contributed by atoms with E-state index in [9.17, 15) is 4.79 Å². The predicted octanol–water partition coefficient (Wildman–Crippen LogP) is -4.84. The summed E-state index contributed by atoms with van der Waals surface area (Å²) in [7, 11) is -4.94. The van der Waals surface area contributed by atoms with Gasteiger partial charge in [0.1, 0.15) is 0 Å². The summed E-state index contributed by atoms with van der Waals surface area (Å²) in [4.78, 5) is 10.5. The predicted molar refractivity (Wildman–Crippen MR) is 44.0 cm³/mol. The Balaban J connectivity index is 0.000000437. The highest BCUT2D eigenvalue weighted by molar-refractivity contribution is 5.86. The Morgan fingerprint density at radius 3 is 2.35 bits per heavy atom. The van der Waals surface area contributed by atoms with Crippen molar-refractivity contribution in [2.45, 2.75) is 0 Å². The van der Waals surface area contributed by atoms with E-state index in [0.717, 1.165) is 6.34 Å². The van der Waals surface area contributed by atoms with Crippen LogP contribution in [-0.4, -0.2) is 12.4 Å². The Hall–Kier alpha value is -1.78. The highest BCUT2D eigenvalue weighted by Gasteiger charge is 2.04. The number of carbonyl (C=O) groups excluding carboxylic acids is 1. The van der Waals surface area contributed by atoms with Gasteiger partial charge in [-0.3, -0.25) is 0 Å². The van der Waals surface area contributed by atoms with Gasteiger partial charge in [0, 0.05) is 6.07 Å². The number of nitrogens with zero attached hydrogens (tertiary/aromatic N) is 1. The van der Waals surface area contributed by atoms with Gasteiger partial charge in [-0.05, 0) is 6.07 Å². The fraction of sp³-hybridized carbons (Fsp3) is 0. The van der Waals surface area contributed by atoms with Crippen LogP contribution in [0.1, 0.15) is 0 Å². The monoisotopic (exact) mass is 264 g/mol. The average molecular weight is 265 g/mol. The van der Waals surface area contributed by atoms with Crippen LogP contribution >= 0.6 is 0 Å². The number of anilines is 1. The number of nitrogens with two attached hydrogens (primary N) is 1. The van der Waals surface area contributed by atoms with Crippen molar-refractivity contribution in [3.05, 3.63) is 24.4 Å². The molecule has 0 atom stereocenters. The first-order valence-electron chi connectivity index (χ1n) is 3.93. The summed E-state index contributed by atoms with van der Waals surface area (Å²) in [6.45, 7) is 0. The van der Waals surface area contributed by atoms with Crippen LogP contribution in [0.4, 0.5) is 10.6 Å². The summed E-state index contributed by atoms with van der Waals surface area (Å²) in [6.07, 6.45) is 2.71. The average Bonchev–Trinajstić information content (AvgIpc) is 2.15. The van der Waals surface area contributed by atoms with Crippen LogP contribution in [0.15, 0.2) is 24.4 Å². The Morgan fingerprint density at radius 1 is 1.41 bits per heavy atom. The van der Waals surface area contributed by atoms with E-state index >= 15 is 0 Å². The molecule has 1 aromatic rings. The second-order valence-corrected chi connectivity index (χ2v) is 3.25. The summed E-state index contributed by atoms with van der Waals surface area (Å²) < 4.78 is 35.4. The van der Waals surface area contributed by atoms with E-state index in [0.29, 0.717) is 5.82 Å². The molecule has 4 N–H and O–H groups in total. The smallest absolute Gasteiger partial charge is 0.338 e. The van der Waals surface area contributed by atoms with Crippen LogP contribution in [0.5, 0.6) is 0 Å². The lowest BCUT2D eigenvalue weighted by molar-refractivity contribution is -2.00. The molecule has 0 aliphatic heterocycles. The van der Waals surface area contributed by atoms with Gasteiger partial charge in [0.15, 0.2) is 0 Å². The summed E-state index contributed by atoms with van der Waals surface area (Å²) >= 11 is 0. The number of aromatic nitrogens is 1. The zero-order valence-corrected chi connectivity index (χ0v) is 9.09. The molecule has 0 unspecified atom stereocenters. The minimum Gasteiger partial charge on any atom is -0.338 e. The normalized spacial score (nSPS) is 9.88. The van der Waals surface area contributed by atoms with Gasteiger partial charge in [0.25, 0.3) is 0 Å². The Kier molecular flexibility index (Phi) is 6.02. The molecule has 2 amide bonds. The van der Waals surface area contributed by atoms with Crippen LogP contribution in [-0.2, 0) is 0 Å². The van der Waals surface area contributed by atoms with Crippen molar-refractivity contribution >= 4 is 18.2 Å². The van der Waals surface area contributed by atoms with Gasteiger partial charge in [0.2, 0.25) is 12.2 Å². The maximum atomic E-state index is 10.5. The number of carbonyl (C=O) groups is 1. The largest absolute Gasteiger partial charge is 0.374 e. The third-order valence-electron chi connectivity index (χ3n) is 1.28. The SMILES string of the molecule is N=C[n+]1ccccc1NC(N)=O.[O-][Cl+3]([O-])([O-])[O-]. The molecule has 1 heterocycles. The number of amides is 2. The molecule has 0 fully saturated rings. The van der Waals surface area contributed by atoms with E-state index in [2.05, 4.69) is 5.32 Å². The molecular formula is C7H9ClN4O5. The van der Waals surface area contributed by atoms with E-state index in [1.165, 1.54) is 4.57 Å². The van der Waals surface area contributed by atoms with Crippen LogP contribution < -0.4 is 34.3 Å². The first-order chi connectivity index (χ1) is 7.74. The molecule has 10 heteroatoms. The molecule has 9 nitrogen and oxygen atoms in total. The molecule has 1 aromatic heterocycles. The number of pyridine rings is 1. The van der Waals surface area contributed by atoms with Crippen molar-refractivity contribution in [3.8, 4) is 0 Å². The molecule has 0 aliphatic rings. The van der Waals surface area contributed by atoms with Gasteiger partial charge in [-0.25, -0.2) is 33.3 Å². The molecule has 94 valence electrons. The third kappa shape index (κ3) is 9.17. The molecule has 0 radical (unpaired) electrons. The molecule has 0 aliphatic carbocycles. The lowest BCUT2D eigenvalue weighted by atomic mass is 10.4. The summed E-state index contributed by atoms with van der Waals surface area (Å²) in [5.41, 5.74) is 4.91. The van der Waals surface area contributed by atoms with Gasteiger partial charge in [-0.2, -0.15) is 5.41 Å². The number of hydrogen-bond donors (Lipinski definition) is 3. The van der Waals surface area contributed by atoms with E-state index < -0.39 is 16.3 Å². The Labute approximate surface area is 98.0 Å². The quantitative estimate of drug-likeness (QED) is 0.275. The number of nitrogens with one attached hydrogen (secondary N) is 2. The topological polar surface area (TPSA) is 175 Å². The van der Waals surface area contributed by atoms with Crippen molar-refractivity contribution in [3.63, 3.8) is 0 Å². The number of urea groups is 1. The molecule has 0 spiro atoms. The van der Waals surface area contributed by atoms with Crippen LogP contribution in [0.2, 0.25) is 0 Å². The second kappa shape index (κ2) is 6.73. The van der Waals surface area contributed by atoms with E-state index in [-0.39, 0.29) is 0 Å². The van der Waals surface area contributed by atoms with Crippen molar-refractivity contribution in [1.82, 2.24) is 0 Å². The first-order valence-corrected chi connectivity index (χ1v) is 5.16. The van der Waals surface area contributed by atoms with Crippen LogP contribution in [0.25, 0.3) is 0 Å². The molecule has 1 rings (SSSR count).